The van der Waals surface area contributed by atoms with E-state index in [2.05, 4.69) is 10.6 Å². The lowest BCUT2D eigenvalue weighted by Crippen LogP contribution is -2.59. The van der Waals surface area contributed by atoms with E-state index in [4.69, 9.17) is 11.1 Å². The van der Waals surface area contributed by atoms with Gasteiger partial charge in [-0.05, 0) is 49.3 Å². The molecule has 0 spiro atoms. The molecule has 2 aromatic rings. The van der Waals surface area contributed by atoms with E-state index in [9.17, 15) is 13.2 Å². The van der Waals surface area contributed by atoms with E-state index in [1.54, 1.807) is 28.6 Å². The first-order valence-corrected chi connectivity index (χ1v) is 14.4. The van der Waals surface area contributed by atoms with Crippen LogP contribution in [0.5, 0.6) is 0 Å². The Kier molecular flexibility index (Phi) is 8.31. The van der Waals surface area contributed by atoms with Gasteiger partial charge in [0.05, 0.1) is 5.75 Å². The first kappa shape index (κ1) is 26.2. The Labute approximate surface area is 214 Å². The second kappa shape index (κ2) is 11.4. The molecule has 0 radical (unpaired) electrons. The summed E-state index contributed by atoms with van der Waals surface area (Å²) in [7, 11) is -3.46. The van der Waals surface area contributed by atoms with Gasteiger partial charge < -0.3 is 16.4 Å². The minimum absolute atomic E-state index is 0.00599. The molecule has 1 aliphatic heterocycles. The number of hydrogen-bond donors (Lipinski definition) is 4. The summed E-state index contributed by atoms with van der Waals surface area (Å²) in [5, 5.41) is 13.9. The maximum Gasteiger partial charge on any atom is 0.319 e. The van der Waals surface area contributed by atoms with Crippen LogP contribution in [0.2, 0.25) is 0 Å². The number of carbonyl (C=O) groups excluding carboxylic acids is 1. The Morgan fingerprint density at radius 2 is 1.75 bits per heavy atom. The third-order valence-corrected chi connectivity index (χ3v) is 9.36. The molecule has 0 aromatic heterocycles. The summed E-state index contributed by atoms with van der Waals surface area (Å²) in [6, 6.07) is 15.9. The van der Waals surface area contributed by atoms with E-state index in [1.165, 1.54) is 0 Å². The van der Waals surface area contributed by atoms with Gasteiger partial charge in [-0.2, -0.15) is 0 Å². The van der Waals surface area contributed by atoms with Gasteiger partial charge in [-0.15, -0.1) is 0 Å². The van der Waals surface area contributed by atoms with E-state index in [0.29, 0.717) is 24.3 Å². The van der Waals surface area contributed by atoms with E-state index in [0.717, 1.165) is 56.9 Å². The number of sulfonamides is 1. The molecule has 1 saturated heterocycles. The monoisotopic (exact) mass is 511 g/mol. The molecule has 2 aromatic carbocycles. The minimum Gasteiger partial charge on any atom is -0.384 e. The zero-order valence-corrected chi connectivity index (χ0v) is 21.5. The van der Waals surface area contributed by atoms with Crippen LogP contribution in [0.3, 0.4) is 0 Å². The number of anilines is 1. The second-order valence-electron chi connectivity index (χ2n) is 10.1. The smallest absolute Gasteiger partial charge is 0.319 e. The Morgan fingerprint density at radius 3 is 2.44 bits per heavy atom. The molecule has 36 heavy (non-hydrogen) atoms. The van der Waals surface area contributed by atoms with Crippen molar-refractivity contribution in [1.29, 1.82) is 5.41 Å². The predicted octanol–water partition coefficient (Wildman–Crippen LogP) is 4.43. The fourth-order valence-corrected chi connectivity index (χ4v) is 7.28. The van der Waals surface area contributed by atoms with Crippen LogP contribution < -0.4 is 16.4 Å². The Balaban J connectivity index is 1.51. The number of piperidine rings is 1. The highest BCUT2D eigenvalue weighted by molar-refractivity contribution is 7.88. The third kappa shape index (κ3) is 6.44. The van der Waals surface area contributed by atoms with Crippen molar-refractivity contribution in [2.45, 2.75) is 62.7 Å². The number of rotatable bonds is 7. The van der Waals surface area contributed by atoms with Gasteiger partial charge in [0.1, 0.15) is 5.84 Å². The van der Waals surface area contributed by atoms with Crippen molar-refractivity contribution >= 4 is 27.6 Å². The molecule has 4 rings (SSSR count). The molecule has 1 aliphatic carbocycles. The molecular formula is C27H37N5O3S. The molecule has 2 amide bonds. The zero-order valence-electron chi connectivity index (χ0n) is 20.7. The molecule has 2 fully saturated rings. The molecule has 8 nitrogen and oxygen atoms in total. The highest BCUT2D eigenvalue weighted by Crippen LogP contribution is 2.39. The van der Waals surface area contributed by atoms with Crippen LogP contribution in [-0.4, -0.2) is 43.2 Å². The first-order chi connectivity index (χ1) is 17.3. The van der Waals surface area contributed by atoms with Gasteiger partial charge in [0.2, 0.25) is 10.0 Å². The van der Waals surface area contributed by atoms with E-state index >= 15 is 0 Å². The number of benzene rings is 2. The largest absolute Gasteiger partial charge is 0.384 e. The van der Waals surface area contributed by atoms with Crippen LogP contribution in [0.1, 0.15) is 62.5 Å². The summed E-state index contributed by atoms with van der Waals surface area (Å²) >= 11 is 0. The van der Waals surface area contributed by atoms with Gasteiger partial charge >= 0.3 is 6.03 Å². The lowest BCUT2D eigenvalue weighted by molar-refractivity contribution is 0.126. The molecular weight excluding hydrogens is 474 g/mol. The summed E-state index contributed by atoms with van der Waals surface area (Å²) in [6.07, 6.45) is 7.60. The molecule has 194 valence electrons. The molecule has 5 N–H and O–H groups in total. The normalized spacial score (nSPS) is 20.7. The lowest BCUT2D eigenvalue weighted by atomic mass is 9.74. The van der Waals surface area contributed by atoms with Crippen LogP contribution in [0, 0.1) is 11.3 Å². The molecule has 9 heteroatoms. The van der Waals surface area contributed by atoms with Crippen molar-refractivity contribution < 1.29 is 13.2 Å². The standard InChI is InChI=1S/C27H37N5O3S/c28-25(29)22-12-8-14-24(18-22)30-26(33)31-27(15-6-1-2-7-16-27)23-13-9-17-32(19-23)36(34,35)20-21-10-4-3-5-11-21/h3-5,8,10-12,14,18,23H,1-2,6-7,9,13,15-17,19-20H2,(H3,28,29)(H2,30,31,33). The van der Waals surface area contributed by atoms with Gasteiger partial charge in [-0.1, -0.05) is 68.1 Å². The van der Waals surface area contributed by atoms with E-state index in [-0.39, 0.29) is 23.5 Å². The quantitative estimate of drug-likeness (QED) is 0.249. The van der Waals surface area contributed by atoms with Crippen molar-refractivity contribution in [3.63, 3.8) is 0 Å². The molecule has 1 unspecified atom stereocenters. The minimum atomic E-state index is -3.46. The zero-order chi connectivity index (χ0) is 25.6. The maximum atomic E-state index is 13.3. The van der Waals surface area contributed by atoms with Gasteiger partial charge in [-0.25, -0.2) is 17.5 Å². The number of amidine groups is 1. The summed E-state index contributed by atoms with van der Waals surface area (Å²) in [6.45, 7) is 0.945. The second-order valence-corrected chi connectivity index (χ2v) is 12.1. The lowest BCUT2D eigenvalue weighted by Gasteiger charge is -2.45. The third-order valence-electron chi connectivity index (χ3n) is 7.54. The summed E-state index contributed by atoms with van der Waals surface area (Å²) in [5.74, 6) is -0.0176. The van der Waals surface area contributed by atoms with Crippen LogP contribution >= 0.6 is 0 Å². The van der Waals surface area contributed by atoms with Crippen molar-refractivity contribution in [3.8, 4) is 0 Å². The number of carbonyl (C=O) groups is 1. The number of nitrogen functional groups attached to an aromatic ring is 1. The van der Waals surface area contributed by atoms with E-state index < -0.39 is 15.6 Å². The summed E-state index contributed by atoms with van der Waals surface area (Å²) in [5.41, 5.74) is 7.04. The highest BCUT2D eigenvalue weighted by Gasteiger charge is 2.43. The molecule has 1 heterocycles. The molecule has 1 atom stereocenters. The SMILES string of the molecule is N=C(N)c1cccc(NC(=O)NC2(C3CCCN(S(=O)(=O)Cc4ccccc4)C3)CCCCCC2)c1. The molecule has 2 aliphatic rings. The number of nitrogens with two attached hydrogens (primary N) is 1. The van der Waals surface area contributed by atoms with E-state index in [1.807, 2.05) is 30.3 Å². The summed E-state index contributed by atoms with van der Waals surface area (Å²) in [4.78, 5) is 13.2. The van der Waals surface area contributed by atoms with Crippen molar-refractivity contribution in [3.05, 3.63) is 65.7 Å². The number of nitrogens with zero attached hydrogens (tertiary/aromatic N) is 1. The Bertz CT molecular complexity index is 1160. The van der Waals surface area contributed by atoms with Crippen molar-refractivity contribution in [2.24, 2.45) is 11.7 Å². The van der Waals surface area contributed by atoms with Crippen LogP contribution in [0.15, 0.2) is 54.6 Å². The fraction of sp³-hybridized carbons (Fsp3) is 0.481. The van der Waals surface area contributed by atoms with Crippen LogP contribution in [0.4, 0.5) is 10.5 Å². The summed E-state index contributed by atoms with van der Waals surface area (Å²) < 4.78 is 28.2. The van der Waals surface area contributed by atoms with Crippen molar-refractivity contribution in [2.75, 3.05) is 18.4 Å². The maximum absolute atomic E-state index is 13.3. The van der Waals surface area contributed by atoms with Gasteiger partial charge in [0.15, 0.2) is 0 Å². The highest BCUT2D eigenvalue weighted by atomic mass is 32.2. The fourth-order valence-electron chi connectivity index (χ4n) is 5.67. The number of urea groups is 1. The Hall–Kier alpha value is -2.91. The predicted molar refractivity (Wildman–Crippen MR) is 143 cm³/mol. The van der Waals surface area contributed by atoms with Gasteiger partial charge in [0, 0.05) is 29.9 Å². The average molecular weight is 512 g/mol. The Morgan fingerprint density at radius 1 is 1.03 bits per heavy atom. The number of hydrogen-bond acceptors (Lipinski definition) is 4. The first-order valence-electron chi connectivity index (χ1n) is 12.8. The van der Waals surface area contributed by atoms with Crippen molar-refractivity contribution in [1.82, 2.24) is 9.62 Å². The van der Waals surface area contributed by atoms with Gasteiger partial charge in [-0.3, -0.25) is 5.41 Å². The van der Waals surface area contributed by atoms with Crippen LogP contribution in [-0.2, 0) is 15.8 Å². The number of amides is 2. The molecule has 0 bridgehead atoms. The number of nitrogens with one attached hydrogen (secondary N) is 3. The van der Waals surface area contributed by atoms with Gasteiger partial charge in [0.25, 0.3) is 0 Å². The van der Waals surface area contributed by atoms with Crippen LogP contribution in [0.25, 0.3) is 0 Å². The molecule has 1 saturated carbocycles. The topological polar surface area (TPSA) is 128 Å². The average Bonchev–Trinajstić information content (AvgIpc) is 3.11.